The van der Waals surface area contributed by atoms with Gasteiger partial charge in [0.15, 0.2) is 17.4 Å². The molecule has 0 bridgehead atoms. The summed E-state index contributed by atoms with van der Waals surface area (Å²) in [7, 11) is 0. The third kappa shape index (κ3) is 3.12. The average Bonchev–Trinajstić information content (AvgIpc) is 2.77. The monoisotopic (exact) mass is 266 g/mol. The maximum absolute atomic E-state index is 13.5. The van der Waals surface area contributed by atoms with Crippen molar-refractivity contribution in [2.45, 2.75) is 20.4 Å². The van der Waals surface area contributed by atoms with E-state index >= 15 is 0 Å². The zero-order valence-electron chi connectivity index (χ0n) is 10.7. The first-order chi connectivity index (χ1) is 9.10. The molecule has 0 aliphatic heterocycles. The van der Waals surface area contributed by atoms with Crippen molar-refractivity contribution in [3.63, 3.8) is 0 Å². The topological polar surface area (TPSA) is 86.2 Å². The molecule has 0 atom stereocenters. The van der Waals surface area contributed by atoms with E-state index in [4.69, 9.17) is 15.0 Å². The summed E-state index contributed by atoms with van der Waals surface area (Å²) in [4.78, 5) is 4.05. The standard InChI is InChI=1S/C12H15FN4O2/c1-3-18-11-5-10(9(14)4-8(11)13)15-6-12-16-7(2)19-17-12/h4-5,15H,3,6,14H2,1-2H3. The molecule has 2 aromatic rings. The van der Waals surface area contributed by atoms with Gasteiger partial charge in [0, 0.05) is 19.1 Å². The van der Waals surface area contributed by atoms with Gasteiger partial charge in [-0.05, 0) is 6.92 Å². The van der Waals surface area contributed by atoms with Crippen molar-refractivity contribution in [3.8, 4) is 5.75 Å². The van der Waals surface area contributed by atoms with Crippen molar-refractivity contribution in [1.82, 2.24) is 10.1 Å². The second kappa shape index (κ2) is 5.55. The van der Waals surface area contributed by atoms with E-state index in [-0.39, 0.29) is 5.75 Å². The van der Waals surface area contributed by atoms with Crippen LogP contribution in [0.15, 0.2) is 16.7 Å². The number of ether oxygens (including phenoxy) is 1. The zero-order chi connectivity index (χ0) is 13.8. The number of hydrogen-bond acceptors (Lipinski definition) is 6. The lowest BCUT2D eigenvalue weighted by Gasteiger charge is -2.11. The van der Waals surface area contributed by atoms with Crippen LogP contribution in [0.3, 0.4) is 0 Å². The van der Waals surface area contributed by atoms with Crippen LogP contribution in [0, 0.1) is 12.7 Å². The summed E-state index contributed by atoms with van der Waals surface area (Å²) < 4.78 is 23.5. The summed E-state index contributed by atoms with van der Waals surface area (Å²) in [5, 5.41) is 6.75. The molecule has 0 spiro atoms. The van der Waals surface area contributed by atoms with Crippen molar-refractivity contribution in [1.29, 1.82) is 0 Å². The highest BCUT2D eigenvalue weighted by Crippen LogP contribution is 2.28. The molecule has 0 amide bonds. The Labute approximate surface area is 109 Å². The van der Waals surface area contributed by atoms with Gasteiger partial charge in [0.05, 0.1) is 24.5 Å². The third-order valence-electron chi connectivity index (χ3n) is 2.41. The molecule has 0 aliphatic rings. The van der Waals surface area contributed by atoms with E-state index in [1.54, 1.807) is 13.8 Å². The summed E-state index contributed by atoms with van der Waals surface area (Å²) in [6.45, 7) is 4.20. The van der Waals surface area contributed by atoms with Crippen molar-refractivity contribution in [2.75, 3.05) is 17.7 Å². The van der Waals surface area contributed by atoms with Gasteiger partial charge in [0.1, 0.15) is 0 Å². The molecule has 0 saturated heterocycles. The molecule has 7 heteroatoms. The van der Waals surface area contributed by atoms with Crippen LogP contribution in [-0.2, 0) is 6.54 Å². The largest absolute Gasteiger partial charge is 0.491 e. The van der Waals surface area contributed by atoms with Gasteiger partial charge in [-0.25, -0.2) is 4.39 Å². The predicted molar refractivity (Wildman–Crippen MR) is 68.3 cm³/mol. The number of nitrogens with one attached hydrogen (secondary N) is 1. The molecule has 0 aliphatic carbocycles. The number of nitrogen functional groups attached to an aromatic ring is 1. The van der Waals surface area contributed by atoms with E-state index in [0.717, 1.165) is 0 Å². The third-order valence-corrected chi connectivity index (χ3v) is 2.41. The van der Waals surface area contributed by atoms with Crippen LogP contribution in [-0.4, -0.2) is 16.7 Å². The summed E-state index contributed by atoms with van der Waals surface area (Å²) in [5.41, 5.74) is 6.59. The lowest BCUT2D eigenvalue weighted by Crippen LogP contribution is -2.05. The number of rotatable bonds is 5. The van der Waals surface area contributed by atoms with Crippen molar-refractivity contribution in [3.05, 3.63) is 29.7 Å². The van der Waals surface area contributed by atoms with Crippen LogP contribution < -0.4 is 15.8 Å². The molecule has 1 aromatic carbocycles. The number of aromatic nitrogens is 2. The van der Waals surface area contributed by atoms with Crippen molar-refractivity contribution >= 4 is 11.4 Å². The fraction of sp³-hybridized carbons (Fsp3) is 0.333. The van der Waals surface area contributed by atoms with Gasteiger partial charge in [-0.2, -0.15) is 4.98 Å². The lowest BCUT2D eigenvalue weighted by atomic mass is 10.2. The Morgan fingerprint density at radius 2 is 2.26 bits per heavy atom. The number of halogens is 1. The predicted octanol–water partition coefficient (Wildman–Crippen LogP) is 2.11. The number of anilines is 2. The summed E-state index contributed by atoms with van der Waals surface area (Å²) >= 11 is 0. The Morgan fingerprint density at radius 1 is 1.47 bits per heavy atom. The first kappa shape index (κ1) is 13.1. The first-order valence-corrected chi connectivity index (χ1v) is 5.85. The minimum atomic E-state index is -0.486. The molecule has 0 radical (unpaired) electrons. The second-order valence-electron chi connectivity index (χ2n) is 3.89. The fourth-order valence-electron chi connectivity index (χ4n) is 1.58. The fourth-order valence-corrected chi connectivity index (χ4v) is 1.58. The van der Waals surface area contributed by atoms with Crippen LogP contribution in [0.25, 0.3) is 0 Å². The van der Waals surface area contributed by atoms with Crippen LogP contribution in [0.4, 0.5) is 15.8 Å². The van der Waals surface area contributed by atoms with Gasteiger partial charge in [-0.3, -0.25) is 0 Å². The Hall–Kier alpha value is -2.31. The first-order valence-electron chi connectivity index (χ1n) is 5.85. The molecule has 102 valence electrons. The summed E-state index contributed by atoms with van der Waals surface area (Å²) in [6.07, 6.45) is 0. The molecule has 1 aromatic heterocycles. The normalized spacial score (nSPS) is 10.5. The highest BCUT2D eigenvalue weighted by atomic mass is 19.1. The number of hydrogen-bond donors (Lipinski definition) is 2. The molecule has 19 heavy (non-hydrogen) atoms. The number of benzene rings is 1. The van der Waals surface area contributed by atoms with E-state index in [0.29, 0.717) is 36.2 Å². The molecule has 6 nitrogen and oxygen atoms in total. The second-order valence-corrected chi connectivity index (χ2v) is 3.89. The lowest BCUT2D eigenvalue weighted by molar-refractivity contribution is 0.322. The molecular weight excluding hydrogens is 251 g/mol. The zero-order valence-corrected chi connectivity index (χ0v) is 10.7. The SMILES string of the molecule is CCOc1cc(NCc2noc(C)n2)c(N)cc1F. The van der Waals surface area contributed by atoms with E-state index in [1.807, 2.05) is 0 Å². The van der Waals surface area contributed by atoms with Crippen LogP contribution in [0.5, 0.6) is 5.75 Å². The minimum absolute atomic E-state index is 0.156. The van der Waals surface area contributed by atoms with Gasteiger partial charge in [-0.15, -0.1) is 0 Å². The number of nitrogens with two attached hydrogens (primary N) is 1. The Morgan fingerprint density at radius 3 is 2.89 bits per heavy atom. The van der Waals surface area contributed by atoms with Crippen LogP contribution in [0.1, 0.15) is 18.6 Å². The minimum Gasteiger partial charge on any atom is -0.491 e. The molecule has 3 N–H and O–H groups in total. The van der Waals surface area contributed by atoms with Crippen LogP contribution in [0.2, 0.25) is 0 Å². The Kier molecular flexibility index (Phi) is 3.84. The van der Waals surface area contributed by atoms with Gasteiger partial charge in [-0.1, -0.05) is 5.16 Å². The molecule has 1 heterocycles. The van der Waals surface area contributed by atoms with E-state index in [9.17, 15) is 4.39 Å². The van der Waals surface area contributed by atoms with E-state index in [1.165, 1.54) is 12.1 Å². The van der Waals surface area contributed by atoms with Gasteiger partial charge >= 0.3 is 0 Å². The molecular formula is C12H15FN4O2. The Bertz CT molecular complexity index is 571. The number of nitrogens with zero attached hydrogens (tertiary/aromatic N) is 2. The van der Waals surface area contributed by atoms with Gasteiger partial charge in [0.2, 0.25) is 5.89 Å². The van der Waals surface area contributed by atoms with E-state index < -0.39 is 5.82 Å². The average molecular weight is 266 g/mol. The highest BCUT2D eigenvalue weighted by molar-refractivity contribution is 5.68. The van der Waals surface area contributed by atoms with Gasteiger partial charge < -0.3 is 20.3 Å². The maximum Gasteiger partial charge on any atom is 0.223 e. The van der Waals surface area contributed by atoms with E-state index in [2.05, 4.69) is 15.5 Å². The summed E-state index contributed by atoms with van der Waals surface area (Å²) in [6, 6.07) is 2.73. The van der Waals surface area contributed by atoms with Gasteiger partial charge in [0.25, 0.3) is 0 Å². The van der Waals surface area contributed by atoms with Crippen molar-refractivity contribution in [2.24, 2.45) is 0 Å². The quantitative estimate of drug-likeness (QED) is 0.806. The Balaban J connectivity index is 2.13. The molecule has 0 fully saturated rings. The smallest absolute Gasteiger partial charge is 0.223 e. The molecule has 2 rings (SSSR count). The summed E-state index contributed by atoms with van der Waals surface area (Å²) in [5.74, 6) is 0.655. The number of aryl methyl sites for hydroxylation is 1. The van der Waals surface area contributed by atoms with Crippen molar-refractivity contribution < 1.29 is 13.7 Å². The molecule has 0 saturated carbocycles. The maximum atomic E-state index is 13.5. The molecule has 0 unspecified atom stereocenters. The van der Waals surface area contributed by atoms with Crippen LogP contribution >= 0.6 is 0 Å². The highest BCUT2D eigenvalue weighted by Gasteiger charge is 2.10.